The highest BCUT2D eigenvalue weighted by molar-refractivity contribution is 5.60. The van der Waals surface area contributed by atoms with Crippen LogP contribution in [0.5, 0.6) is 0 Å². The van der Waals surface area contributed by atoms with E-state index in [1.54, 1.807) is 12.1 Å². The highest BCUT2D eigenvalue weighted by atomic mass is 19.1. The quantitative estimate of drug-likeness (QED) is 0.719. The Morgan fingerprint density at radius 3 is 2.48 bits per heavy atom. The van der Waals surface area contributed by atoms with Crippen LogP contribution in [0, 0.1) is 10.7 Å². The van der Waals surface area contributed by atoms with Crippen molar-refractivity contribution in [3.05, 3.63) is 69.9 Å². The summed E-state index contributed by atoms with van der Waals surface area (Å²) in [5.41, 5.74) is 4.90. The minimum Gasteiger partial charge on any atom is -0.368 e. The van der Waals surface area contributed by atoms with Crippen LogP contribution in [0.15, 0.2) is 47.6 Å². The van der Waals surface area contributed by atoms with Crippen LogP contribution in [-0.2, 0) is 19.4 Å². The van der Waals surface area contributed by atoms with Crippen molar-refractivity contribution in [1.29, 1.82) is 0 Å². The second-order valence-corrected chi connectivity index (χ2v) is 7.64. The van der Waals surface area contributed by atoms with E-state index in [-0.39, 0.29) is 12.4 Å². The van der Waals surface area contributed by atoms with E-state index in [0.29, 0.717) is 6.04 Å². The molecule has 27 heavy (non-hydrogen) atoms. The Hall–Kier alpha value is -2.27. The van der Waals surface area contributed by atoms with Gasteiger partial charge in [-0.15, -0.1) is 0 Å². The van der Waals surface area contributed by atoms with Crippen molar-refractivity contribution >= 4 is 5.69 Å². The van der Waals surface area contributed by atoms with E-state index in [9.17, 15) is 9.30 Å². The first-order valence-electron chi connectivity index (χ1n) is 9.87. The normalized spacial score (nSPS) is 17.9. The van der Waals surface area contributed by atoms with Crippen molar-refractivity contribution in [3.63, 3.8) is 0 Å². The maximum absolute atomic E-state index is 13.0. The molecule has 2 aromatic rings. The molecule has 2 aliphatic heterocycles. The van der Waals surface area contributed by atoms with Crippen LogP contribution in [0.4, 0.5) is 10.1 Å². The van der Waals surface area contributed by atoms with Gasteiger partial charge < -0.3 is 9.80 Å². The van der Waals surface area contributed by atoms with Gasteiger partial charge in [0.1, 0.15) is 12.4 Å². The second kappa shape index (κ2) is 8.17. The lowest BCUT2D eigenvalue weighted by molar-refractivity contribution is 0.212. The van der Waals surface area contributed by atoms with Crippen molar-refractivity contribution in [2.75, 3.05) is 31.1 Å². The van der Waals surface area contributed by atoms with Gasteiger partial charge in [-0.2, -0.15) is 4.91 Å². The fraction of sp³-hybridized carbons (Fsp3) is 0.455. The number of fused-ring (bicyclic) bond motifs is 1. The molecule has 0 bridgehead atoms. The van der Waals surface area contributed by atoms with Crippen LogP contribution in [0.25, 0.3) is 0 Å². The van der Waals surface area contributed by atoms with E-state index in [2.05, 4.69) is 27.1 Å². The van der Waals surface area contributed by atoms with Gasteiger partial charge in [0.2, 0.25) is 0 Å². The molecule has 142 valence electrons. The van der Waals surface area contributed by atoms with Gasteiger partial charge in [0, 0.05) is 37.9 Å². The molecule has 4 rings (SSSR count). The maximum Gasteiger partial charge on any atom is 0.123 e. The molecule has 0 N–H and O–H groups in total. The zero-order chi connectivity index (χ0) is 18.6. The fourth-order valence-corrected chi connectivity index (χ4v) is 4.39. The monoisotopic (exact) mass is 367 g/mol. The number of benzene rings is 2. The Morgan fingerprint density at radius 1 is 1.00 bits per heavy atom. The molecule has 5 heteroatoms. The van der Waals surface area contributed by atoms with Gasteiger partial charge in [-0.3, -0.25) is 0 Å². The summed E-state index contributed by atoms with van der Waals surface area (Å²) in [5.74, 6) is -0.169. The zero-order valence-electron chi connectivity index (χ0n) is 15.6. The van der Waals surface area contributed by atoms with Crippen molar-refractivity contribution in [1.82, 2.24) is 4.90 Å². The number of rotatable bonds is 6. The summed E-state index contributed by atoms with van der Waals surface area (Å²) >= 11 is 0. The van der Waals surface area contributed by atoms with E-state index >= 15 is 0 Å². The summed E-state index contributed by atoms with van der Waals surface area (Å²) in [6.45, 7) is 4.57. The highest BCUT2D eigenvalue weighted by Crippen LogP contribution is 2.33. The Labute approximate surface area is 160 Å². The third kappa shape index (κ3) is 4.19. The first-order chi connectivity index (χ1) is 13.2. The number of hydrogen-bond acceptors (Lipinski definition) is 4. The molecule has 4 nitrogen and oxygen atoms in total. The Kier molecular flexibility index (Phi) is 5.48. The van der Waals surface area contributed by atoms with Crippen LogP contribution >= 0.6 is 0 Å². The predicted octanol–water partition coefficient (Wildman–Crippen LogP) is 4.16. The molecule has 2 aromatic carbocycles. The molecule has 1 saturated heterocycles. The zero-order valence-corrected chi connectivity index (χ0v) is 15.6. The number of halogens is 1. The van der Waals surface area contributed by atoms with E-state index < -0.39 is 0 Å². The summed E-state index contributed by atoms with van der Waals surface area (Å²) in [6.07, 6.45) is 4.40. The van der Waals surface area contributed by atoms with E-state index in [1.807, 2.05) is 18.2 Å². The molecule has 0 aliphatic carbocycles. The van der Waals surface area contributed by atoms with Crippen LogP contribution in [0.1, 0.15) is 29.5 Å². The summed E-state index contributed by atoms with van der Waals surface area (Å²) < 4.78 is 13.0. The summed E-state index contributed by atoms with van der Waals surface area (Å²) in [7, 11) is 0. The summed E-state index contributed by atoms with van der Waals surface area (Å²) in [6, 6.07) is 13.8. The van der Waals surface area contributed by atoms with Crippen LogP contribution in [0.3, 0.4) is 0 Å². The SMILES string of the molecule is O=NCc1ccc2c(c1)N(C1CCN(CCc3ccc(F)cc3)CC1)CC2. The van der Waals surface area contributed by atoms with Gasteiger partial charge in [0.25, 0.3) is 0 Å². The van der Waals surface area contributed by atoms with Crippen molar-refractivity contribution in [3.8, 4) is 0 Å². The third-order valence-electron chi connectivity index (χ3n) is 5.96. The maximum atomic E-state index is 13.0. The number of likely N-dealkylation sites (tertiary alicyclic amines) is 1. The first-order valence-corrected chi connectivity index (χ1v) is 9.87. The molecule has 2 heterocycles. The molecule has 0 unspecified atom stereocenters. The van der Waals surface area contributed by atoms with E-state index in [1.165, 1.54) is 29.7 Å². The lowest BCUT2D eigenvalue weighted by Crippen LogP contribution is -2.45. The molecule has 0 atom stereocenters. The van der Waals surface area contributed by atoms with Crippen LogP contribution < -0.4 is 4.90 Å². The number of nitroso groups, excluding NO2 is 1. The topological polar surface area (TPSA) is 35.9 Å². The van der Waals surface area contributed by atoms with Gasteiger partial charge in [-0.1, -0.05) is 29.4 Å². The molecule has 2 aliphatic rings. The number of hydrogen-bond donors (Lipinski definition) is 0. The molecule has 0 saturated carbocycles. The minimum absolute atomic E-state index is 0.169. The molecule has 0 amide bonds. The van der Waals surface area contributed by atoms with E-state index in [0.717, 1.165) is 44.6 Å². The lowest BCUT2D eigenvalue weighted by atomic mass is 10.0. The molecular formula is C22H26FN3O. The molecule has 0 aromatic heterocycles. The Morgan fingerprint density at radius 2 is 1.74 bits per heavy atom. The molecule has 0 spiro atoms. The van der Waals surface area contributed by atoms with Crippen LogP contribution in [0.2, 0.25) is 0 Å². The largest absolute Gasteiger partial charge is 0.368 e. The molecular weight excluding hydrogens is 341 g/mol. The third-order valence-corrected chi connectivity index (χ3v) is 5.96. The highest BCUT2D eigenvalue weighted by Gasteiger charge is 2.29. The molecule has 1 fully saturated rings. The lowest BCUT2D eigenvalue weighted by Gasteiger charge is -2.38. The van der Waals surface area contributed by atoms with Gasteiger partial charge >= 0.3 is 0 Å². The minimum atomic E-state index is -0.169. The number of nitrogens with zero attached hydrogens (tertiary/aromatic N) is 3. The molecule has 0 radical (unpaired) electrons. The Balaban J connectivity index is 1.32. The number of piperidine rings is 1. The van der Waals surface area contributed by atoms with Crippen LogP contribution in [-0.4, -0.2) is 37.1 Å². The summed E-state index contributed by atoms with van der Waals surface area (Å²) in [5, 5.41) is 3.03. The van der Waals surface area contributed by atoms with Gasteiger partial charge in [0.05, 0.1) is 0 Å². The van der Waals surface area contributed by atoms with Crippen molar-refractivity contribution in [2.45, 2.75) is 38.3 Å². The smallest absolute Gasteiger partial charge is 0.123 e. The van der Waals surface area contributed by atoms with Gasteiger partial charge in [-0.05, 0) is 60.6 Å². The van der Waals surface area contributed by atoms with Gasteiger partial charge in [0.15, 0.2) is 0 Å². The predicted molar refractivity (Wildman–Crippen MR) is 107 cm³/mol. The van der Waals surface area contributed by atoms with Gasteiger partial charge in [-0.25, -0.2) is 4.39 Å². The van der Waals surface area contributed by atoms with E-state index in [4.69, 9.17) is 0 Å². The number of anilines is 1. The fourth-order valence-electron chi connectivity index (χ4n) is 4.39. The average molecular weight is 367 g/mol. The van der Waals surface area contributed by atoms with Crippen molar-refractivity contribution in [2.24, 2.45) is 5.18 Å². The second-order valence-electron chi connectivity index (χ2n) is 7.64. The Bertz CT molecular complexity index is 785. The van der Waals surface area contributed by atoms with Crippen molar-refractivity contribution < 1.29 is 4.39 Å². The standard InChI is InChI=1S/C22H26FN3O/c23-20-5-2-17(3-6-20)7-11-25-12-9-21(10-13-25)26-14-8-19-4-1-18(16-24-27)15-22(19)26/h1-6,15,21H,7-14,16H2. The average Bonchev–Trinajstić information content (AvgIpc) is 3.11. The first kappa shape index (κ1) is 18.1. The summed E-state index contributed by atoms with van der Waals surface area (Å²) in [4.78, 5) is 15.6.